The first-order valence-corrected chi connectivity index (χ1v) is 8.44. The normalized spacial score (nSPS) is 26.7. The Balaban J connectivity index is 1.50. The fourth-order valence-electron chi connectivity index (χ4n) is 2.93. The van der Waals surface area contributed by atoms with Gasteiger partial charge in [-0.2, -0.15) is 0 Å². The quantitative estimate of drug-likeness (QED) is 0.848. The number of hydrogen-bond donors (Lipinski definition) is 0. The Hall–Kier alpha value is -0.100. The van der Waals surface area contributed by atoms with Crippen LogP contribution in [-0.4, -0.2) is 46.2 Å². The minimum atomic E-state index is 0.493. The van der Waals surface area contributed by atoms with E-state index >= 15 is 0 Å². The number of aromatic nitrogens is 1. The van der Waals surface area contributed by atoms with Gasteiger partial charge in [-0.25, -0.2) is 4.98 Å². The molecule has 100 valence electrons. The number of likely N-dealkylation sites (tertiary alicyclic amines) is 1. The lowest BCUT2D eigenvalue weighted by Crippen LogP contribution is -2.58. The van der Waals surface area contributed by atoms with Gasteiger partial charge in [0.2, 0.25) is 0 Å². The summed E-state index contributed by atoms with van der Waals surface area (Å²) in [6.45, 7) is 8.58. The predicted molar refractivity (Wildman–Crippen MR) is 77.3 cm³/mol. The van der Waals surface area contributed by atoms with E-state index in [4.69, 9.17) is 4.74 Å². The van der Waals surface area contributed by atoms with Gasteiger partial charge in [-0.3, -0.25) is 4.90 Å². The van der Waals surface area contributed by atoms with E-state index < -0.39 is 0 Å². The lowest BCUT2D eigenvalue weighted by molar-refractivity contribution is 0.0420. The molecule has 1 atom stereocenters. The summed E-state index contributed by atoms with van der Waals surface area (Å²) in [6, 6.07) is 0. The van der Waals surface area contributed by atoms with Crippen molar-refractivity contribution in [1.82, 2.24) is 9.88 Å². The summed E-state index contributed by atoms with van der Waals surface area (Å²) < 4.78 is 6.25. The molecule has 0 amide bonds. The van der Waals surface area contributed by atoms with Crippen molar-refractivity contribution < 1.29 is 4.74 Å². The molecule has 2 aliphatic heterocycles. The molecule has 0 bridgehead atoms. The lowest BCUT2D eigenvalue weighted by atomic mass is 9.93. The van der Waals surface area contributed by atoms with E-state index in [1.54, 1.807) is 11.3 Å². The molecule has 3 rings (SSSR count). The molecular formula is C13H20N2OS2. The maximum Gasteiger partial charge on any atom is 0.0798 e. The van der Waals surface area contributed by atoms with Crippen LogP contribution < -0.4 is 0 Å². The molecule has 3 heterocycles. The molecule has 1 aromatic rings. The Kier molecular flexibility index (Phi) is 3.67. The van der Waals surface area contributed by atoms with Crippen LogP contribution in [0.25, 0.3) is 0 Å². The van der Waals surface area contributed by atoms with Crippen LogP contribution in [0, 0.1) is 6.92 Å². The first-order valence-electron chi connectivity index (χ1n) is 6.58. The van der Waals surface area contributed by atoms with Crippen LogP contribution in [0.5, 0.6) is 0 Å². The average molecular weight is 284 g/mol. The molecule has 1 unspecified atom stereocenters. The maximum atomic E-state index is 5.75. The molecule has 2 saturated heterocycles. The van der Waals surface area contributed by atoms with Crippen molar-refractivity contribution >= 4 is 23.1 Å². The van der Waals surface area contributed by atoms with Crippen molar-refractivity contribution in [3.63, 3.8) is 0 Å². The second kappa shape index (κ2) is 5.12. The van der Waals surface area contributed by atoms with Crippen LogP contribution in [0.3, 0.4) is 0 Å². The SMILES string of the molecule is CCOC1CSC2(C1)CN(Cc1scnc1C)C2. The Morgan fingerprint density at radius 1 is 1.56 bits per heavy atom. The average Bonchev–Trinajstić information content (AvgIpc) is 2.87. The highest BCUT2D eigenvalue weighted by Crippen LogP contribution is 2.46. The number of ether oxygens (including phenoxy) is 1. The first kappa shape index (κ1) is 12.9. The number of nitrogens with zero attached hydrogens (tertiary/aromatic N) is 2. The second-order valence-corrected chi connectivity index (χ2v) is 7.71. The molecule has 5 heteroatoms. The van der Waals surface area contributed by atoms with Gasteiger partial charge >= 0.3 is 0 Å². The summed E-state index contributed by atoms with van der Waals surface area (Å²) in [7, 11) is 0. The van der Waals surface area contributed by atoms with E-state index in [1.807, 2.05) is 5.51 Å². The van der Waals surface area contributed by atoms with Gasteiger partial charge in [0.25, 0.3) is 0 Å². The summed E-state index contributed by atoms with van der Waals surface area (Å²) in [5.41, 5.74) is 3.16. The number of thiazole rings is 1. The maximum absolute atomic E-state index is 5.75. The van der Waals surface area contributed by atoms with E-state index in [1.165, 1.54) is 35.8 Å². The number of thioether (sulfide) groups is 1. The molecule has 2 fully saturated rings. The largest absolute Gasteiger partial charge is 0.378 e. The Morgan fingerprint density at radius 3 is 3.06 bits per heavy atom. The minimum Gasteiger partial charge on any atom is -0.378 e. The van der Waals surface area contributed by atoms with E-state index in [2.05, 4.69) is 35.5 Å². The topological polar surface area (TPSA) is 25.4 Å². The summed E-state index contributed by atoms with van der Waals surface area (Å²) in [5, 5.41) is 0. The molecule has 3 nitrogen and oxygen atoms in total. The fraction of sp³-hybridized carbons (Fsp3) is 0.769. The van der Waals surface area contributed by atoms with Crippen LogP contribution in [0.4, 0.5) is 0 Å². The molecular weight excluding hydrogens is 264 g/mol. The van der Waals surface area contributed by atoms with Crippen LogP contribution in [0.15, 0.2) is 5.51 Å². The van der Waals surface area contributed by atoms with Gasteiger partial charge in [0.15, 0.2) is 0 Å². The fourth-order valence-corrected chi connectivity index (χ4v) is 5.35. The van der Waals surface area contributed by atoms with Crippen molar-refractivity contribution in [3.05, 3.63) is 16.1 Å². The van der Waals surface area contributed by atoms with Gasteiger partial charge in [-0.05, 0) is 20.3 Å². The minimum absolute atomic E-state index is 0.493. The molecule has 0 N–H and O–H groups in total. The van der Waals surface area contributed by atoms with Crippen molar-refractivity contribution in [2.24, 2.45) is 0 Å². The van der Waals surface area contributed by atoms with Crippen molar-refractivity contribution in [2.75, 3.05) is 25.4 Å². The second-order valence-electron chi connectivity index (χ2n) is 5.28. The van der Waals surface area contributed by atoms with Crippen molar-refractivity contribution in [2.45, 2.75) is 37.7 Å². The Morgan fingerprint density at radius 2 is 2.39 bits per heavy atom. The third-order valence-electron chi connectivity index (χ3n) is 3.81. The van der Waals surface area contributed by atoms with Crippen molar-refractivity contribution in [3.8, 4) is 0 Å². The van der Waals surface area contributed by atoms with E-state index in [0.717, 1.165) is 13.2 Å². The van der Waals surface area contributed by atoms with Gasteiger partial charge in [0.1, 0.15) is 0 Å². The van der Waals surface area contributed by atoms with Gasteiger partial charge in [-0.1, -0.05) is 0 Å². The predicted octanol–water partition coefficient (Wildman–Crippen LogP) is 2.55. The third-order valence-corrected chi connectivity index (χ3v) is 6.31. The molecule has 1 spiro atoms. The smallest absolute Gasteiger partial charge is 0.0798 e. The van der Waals surface area contributed by atoms with Crippen LogP contribution >= 0.6 is 23.1 Å². The Bertz CT molecular complexity index is 415. The summed E-state index contributed by atoms with van der Waals surface area (Å²) in [6.07, 6.45) is 1.73. The van der Waals surface area contributed by atoms with Gasteiger partial charge in [0.05, 0.1) is 17.3 Å². The summed E-state index contributed by atoms with van der Waals surface area (Å²) >= 11 is 3.90. The zero-order chi connectivity index (χ0) is 12.6. The Labute approximate surface area is 117 Å². The highest BCUT2D eigenvalue weighted by molar-refractivity contribution is 8.01. The van der Waals surface area contributed by atoms with Crippen LogP contribution in [0.1, 0.15) is 23.9 Å². The van der Waals surface area contributed by atoms with Gasteiger partial charge in [0, 0.05) is 41.6 Å². The zero-order valence-electron chi connectivity index (χ0n) is 11.0. The highest BCUT2D eigenvalue weighted by Gasteiger charge is 2.49. The lowest BCUT2D eigenvalue weighted by Gasteiger charge is -2.47. The zero-order valence-corrected chi connectivity index (χ0v) is 12.6. The third kappa shape index (κ3) is 2.46. The molecule has 1 aromatic heterocycles. The van der Waals surface area contributed by atoms with Crippen molar-refractivity contribution in [1.29, 1.82) is 0 Å². The first-order chi connectivity index (χ1) is 8.71. The number of rotatable bonds is 4. The highest BCUT2D eigenvalue weighted by atomic mass is 32.2. The van der Waals surface area contributed by atoms with Crippen LogP contribution in [-0.2, 0) is 11.3 Å². The number of hydrogen-bond acceptors (Lipinski definition) is 5. The van der Waals surface area contributed by atoms with E-state index in [-0.39, 0.29) is 0 Å². The molecule has 0 aliphatic carbocycles. The molecule has 0 saturated carbocycles. The molecule has 0 radical (unpaired) electrons. The standard InChI is InChI=1S/C13H20N2OS2/c1-3-16-11-4-13(18-6-11)7-15(8-13)5-12-10(2)14-9-17-12/h9,11H,3-8H2,1-2H3. The number of aryl methyl sites for hydroxylation is 1. The van der Waals surface area contributed by atoms with Gasteiger partial charge in [-0.15, -0.1) is 23.1 Å². The monoisotopic (exact) mass is 284 g/mol. The summed E-state index contributed by atoms with van der Waals surface area (Å²) in [5.74, 6) is 1.18. The molecule has 18 heavy (non-hydrogen) atoms. The van der Waals surface area contributed by atoms with Gasteiger partial charge < -0.3 is 4.74 Å². The van der Waals surface area contributed by atoms with E-state index in [9.17, 15) is 0 Å². The molecule has 2 aliphatic rings. The van der Waals surface area contributed by atoms with Crippen LogP contribution in [0.2, 0.25) is 0 Å². The molecule has 0 aromatic carbocycles. The van der Waals surface area contributed by atoms with E-state index in [0.29, 0.717) is 10.9 Å². The summed E-state index contributed by atoms with van der Waals surface area (Å²) in [4.78, 5) is 8.29.